The molecule has 28 heavy (non-hydrogen) atoms. The van der Waals surface area contributed by atoms with Crippen molar-refractivity contribution in [2.24, 2.45) is 0 Å². The maximum Gasteiger partial charge on any atom is 0.119 e. The molecule has 2 aliphatic rings. The van der Waals surface area contributed by atoms with Gasteiger partial charge in [0.25, 0.3) is 0 Å². The molecule has 5 nitrogen and oxygen atoms in total. The van der Waals surface area contributed by atoms with Crippen LogP contribution in [-0.2, 0) is 6.54 Å². The lowest BCUT2D eigenvalue weighted by atomic mass is 9.99. The molecule has 0 aromatic heterocycles. The quantitative estimate of drug-likeness (QED) is 0.776. The number of β-amino-alcohol motifs (C(OH)–C–C–N with tert-alkyl or cyclic N) is 1. The Balaban J connectivity index is 1.46. The Labute approximate surface area is 171 Å². The second-order valence-electron chi connectivity index (χ2n) is 9.27. The van der Waals surface area contributed by atoms with Crippen LogP contribution < -0.4 is 4.74 Å². The fourth-order valence-electron chi connectivity index (χ4n) is 4.33. The van der Waals surface area contributed by atoms with E-state index in [0.29, 0.717) is 6.61 Å². The first-order chi connectivity index (χ1) is 13.4. The van der Waals surface area contributed by atoms with Gasteiger partial charge in [-0.2, -0.15) is 0 Å². The van der Waals surface area contributed by atoms with Crippen molar-refractivity contribution in [3.05, 3.63) is 29.8 Å². The Morgan fingerprint density at radius 2 is 1.79 bits per heavy atom. The Kier molecular flexibility index (Phi) is 7.75. The SMILES string of the molecule is CN1CCN(Cc2cccc(OC[C@H](O)CN3CCCCCC3)c2)CC1(C)C. The predicted octanol–water partition coefficient (Wildman–Crippen LogP) is 2.83. The molecule has 1 aromatic rings. The van der Waals surface area contributed by atoms with Crippen LogP contribution in [0.4, 0.5) is 0 Å². The number of likely N-dealkylation sites (N-methyl/N-ethyl adjacent to an activating group) is 1. The number of hydrogen-bond acceptors (Lipinski definition) is 5. The fourth-order valence-corrected chi connectivity index (χ4v) is 4.33. The van der Waals surface area contributed by atoms with Crippen molar-refractivity contribution in [2.75, 3.05) is 52.9 Å². The van der Waals surface area contributed by atoms with Gasteiger partial charge in [0.1, 0.15) is 18.5 Å². The number of nitrogens with zero attached hydrogens (tertiary/aromatic N) is 3. The molecular weight excluding hydrogens is 350 g/mol. The number of aliphatic hydroxyl groups is 1. The van der Waals surface area contributed by atoms with Crippen LogP contribution in [0.2, 0.25) is 0 Å². The van der Waals surface area contributed by atoms with E-state index in [1.54, 1.807) is 0 Å². The third-order valence-electron chi connectivity index (χ3n) is 6.31. The van der Waals surface area contributed by atoms with Gasteiger partial charge in [-0.05, 0) is 64.5 Å². The zero-order chi connectivity index (χ0) is 20.0. The summed E-state index contributed by atoms with van der Waals surface area (Å²) in [6.45, 7) is 12.1. The van der Waals surface area contributed by atoms with Crippen molar-refractivity contribution >= 4 is 0 Å². The molecule has 2 aliphatic heterocycles. The molecule has 2 fully saturated rings. The molecule has 1 N–H and O–H groups in total. The van der Waals surface area contributed by atoms with Crippen molar-refractivity contribution in [2.45, 2.75) is 57.7 Å². The van der Waals surface area contributed by atoms with E-state index in [1.807, 2.05) is 6.07 Å². The third kappa shape index (κ3) is 6.45. The standard InChI is InChI=1S/C23H39N3O2/c1-23(2)19-26(14-13-24(23)3)16-20-9-8-10-22(15-20)28-18-21(27)17-25-11-6-4-5-7-12-25/h8-10,15,21,27H,4-7,11-14,16-19H2,1-3H3/t21-/m1/s1. The zero-order valence-electron chi connectivity index (χ0n) is 18.1. The number of hydrogen-bond donors (Lipinski definition) is 1. The lowest BCUT2D eigenvalue weighted by Crippen LogP contribution is -2.57. The molecule has 0 radical (unpaired) electrons. The van der Waals surface area contributed by atoms with Crippen molar-refractivity contribution in [3.8, 4) is 5.75 Å². The summed E-state index contributed by atoms with van der Waals surface area (Å²) < 4.78 is 5.92. The summed E-state index contributed by atoms with van der Waals surface area (Å²) >= 11 is 0. The highest BCUT2D eigenvalue weighted by Gasteiger charge is 2.30. The van der Waals surface area contributed by atoms with Gasteiger partial charge in [0.2, 0.25) is 0 Å². The summed E-state index contributed by atoms with van der Waals surface area (Å²) in [6, 6.07) is 8.36. The van der Waals surface area contributed by atoms with E-state index in [2.05, 4.69) is 53.8 Å². The first-order valence-electron chi connectivity index (χ1n) is 11.0. The molecular formula is C23H39N3O2. The normalized spacial score (nSPS) is 23.3. The average Bonchev–Trinajstić information content (AvgIpc) is 2.92. The van der Waals surface area contributed by atoms with Crippen LogP contribution in [0.15, 0.2) is 24.3 Å². The Bertz CT molecular complexity index is 599. The van der Waals surface area contributed by atoms with Gasteiger partial charge in [-0.1, -0.05) is 25.0 Å². The topological polar surface area (TPSA) is 39.2 Å². The van der Waals surface area contributed by atoms with E-state index in [1.165, 1.54) is 31.2 Å². The van der Waals surface area contributed by atoms with Crippen molar-refractivity contribution in [3.63, 3.8) is 0 Å². The summed E-state index contributed by atoms with van der Waals surface area (Å²) in [5, 5.41) is 10.4. The molecule has 2 heterocycles. The number of ether oxygens (including phenoxy) is 1. The minimum atomic E-state index is -0.430. The maximum absolute atomic E-state index is 10.4. The van der Waals surface area contributed by atoms with E-state index in [9.17, 15) is 5.11 Å². The molecule has 3 rings (SSSR count). The van der Waals surface area contributed by atoms with Crippen LogP contribution >= 0.6 is 0 Å². The first-order valence-corrected chi connectivity index (χ1v) is 11.0. The lowest BCUT2D eigenvalue weighted by molar-refractivity contribution is 0.0359. The van der Waals surface area contributed by atoms with Gasteiger partial charge >= 0.3 is 0 Å². The van der Waals surface area contributed by atoms with Crippen molar-refractivity contribution in [1.29, 1.82) is 0 Å². The van der Waals surface area contributed by atoms with Gasteiger partial charge in [0.15, 0.2) is 0 Å². The Morgan fingerprint density at radius 3 is 2.50 bits per heavy atom. The zero-order valence-corrected chi connectivity index (χ0v) is 18.1. The van der Waals surface area contributed by atoms with Crippen molar-refractivity contribution in [1.82, 2.24) is 14.7 Å². The molecule has 5 heteroatoms. The number of aliphatic hydroxyl groups excluding tert-OH is 1. The summed E-state index contributed by atoms with van der Waals surface area (Å²) in [7, 11) is 2.21. The average molecular weight is 390 g/mol. The highest BCUT2D eigenvalue weighted by atomic mass is 16.5. The van der Waals surface area contributed by atoms with Crippen molar-refractivity contribution < 1.29 is 9.84 Å². The van der Waals surface area contributed by atoms with Gasteiger partial charge in [-0.15, -0.1) is 0 Å². The van der Waals surface area contributed by atoms with E-state index < -0.39 is 6.10 Å². The molecule has 0 aliphatic carbocycles. The predicted molar refractivity (Wildman–Crippen MR) is 115 cm³/mol. The lowest BCUT2D eigenvalue weighted by Gasteiger charge is -2.45. The summed E-state index contributed by atoms with van der Waals surface area (Å²) in [5.41, 5.74) is 1.49. The third-order valence-corrected chi connectivity index (χ3v) is 6.31. The van der Waals surface area contributed by atoms with Crippen LogP contribution in [0.25, 0.3) is 0 Å². The van der Waals surface area contributed by atoms with Gasteiger partial charge in [-0.25, -0.2) is 0 Å². The molecule has 0 spiro atoms. The number of piperazine rings is 1. The molecule has 0 bridgehead atoms. The van der Waals surface area contributed by atoms with Gasteiger partial charge in [0, 0.05) is 38.3 Å². The summed E-state index contributed by atoms with van der Waals surface area (Å²) in [5.74, 6) is 0.862. The van der Waals surface area contributed by atoms with Gasteiger partial charge in [0.05, 0.1) is 0 Å². The monoisotopic (exact) mass is 389 g/mol. The maximum atomic E-state index is 10.4. The molecule has 2 saturated heterocycles. The first kappa shape index (κ1) is 21.6. The largest absolute Gasteiger partial charge is 0.491 e. The second kappa shape index (κ2) is 10.1. The fraction of sp³-hybridized carbons (Fsp3) is 0.739. The smallest absolute Gasteiger partial charge is 0.119 e. The Hall–Kier alpha value is -1.14. The minimum Gasteiger partial charge on any atom is -0.491 e. The molecule has 1 aromatic carbocycles. The summed E-state index contributed by atoms with van der Waals surface area (Å²) in [4.78, 5) is 7.34. The van der Waals surface area contributed by atoms with Crippen LogP contribution in [0.1, 0.15) is 45.1 Å². The van der Waals surface area contributed by atoms with E-state index in [4.69, 9.17) is 4.74 Å². The number of rotatable bonds is 7. The van der Waals surface area contributed by atoms with Crippen LogP contribution in [0.5, 0.6) is 5.75 Å². The van der Waals surface area contributed by atoms with Crippen LogP contribution in [0.3, 0.4) is 0 Å². The molecule has 1 atom stereocenters. The summed E-state index contributed by atoms with van der Waals surface area (Å²) in [6.07, 6.45) is 4.71. The van der Waals surface area contributed by atoms with E-state index in [0.717, 1.165) is 51.6 Å². The highest BCUT2D eigenvalue weighted by molar-refractivity contribution is 5.28. The molecule has 0 amide bonds. The van der Waals surface area contributed by atoms with Crippen LogP contribution in [-0.4, -0.2) is 84.4 Å². The van der Waals surface area contributed by atoms with Crippen LogP contribution in [0, 0.1) is 0 Å². The van der Waals surface area contributed by atoms with Gasteiger partial charge in [-0.3, -0.25) is 9.80 Å². The highest BCUT2D eigenvalue weighted by Crippen LogP contribution is 2.22. The second-order valence-corrected chi connectivity index (χ2v) is 9.27. The Morgan fingerprint density at radius 1 is 1.04 bits per heavy atom. The van der Waals surface area contributed by atoms with E-state index >= 15 is 0 Å². The molecule has 158 valence electrons. The number of benzene rings is 1. The van der Waals surface area contributed by atoms with E-state index in [-0.39, 0.29) is 5.54 Å². The molecule has 0 unspecified atom stereocenters. The van der Waals surface area contributed by atoms with Gasteiger partial charge < -0.3 is 14.7 Å². The molecule has 0 saturated carbocycles. The minimum absolute atomic E-state index is 0.212. The number of likely N-dealkylation sites (tertiary alicyclic amines) is 1.